The van der Waals surface area contributed by atoms with Crippen LogP contribution in [0.15, 0.2) is 22.9 Å². The highest BCUT2D eigenvalue weighted by Gasteiger charge is 2.22. The average molecular weight is 256 g/mol. The summed E-state index contributed by atoms with van der Waals surface area (Å²) in [5.41, 5.74) is 1.04. The predicted octanol–water partition coefficient (Wildman–Crippen LogP) is 1.90. The molecule has 0 spiro atoms. The van der Waals surface area contributed by atoms with Gasteiger partial charge in [-0.15, -0.1) is 0 Å². The van der Waals surface area contributed by atoms with Gasteiger partial charge in [0.05, 0.1) is 6.61 Å². The van der Waals surface area contributed by atoms with Crippen LogP contribution in [0.5, 0.6) is 0 Å². The third-order valence-electron chi connectivity index (χ3n) is 3.09. The Morgan fingerprint density at radius 2 is 2.37 bits per heavy atom. The molecule has 0 aliphatic carbocycles. The monoisotopic (exact) mass is 256 g/mol. The standard InChI is InChI=1S/C13H12N4O2/c14-7-11-6-9(3-4-15-11)13-16-12(17-19-13)10-2-1-5-18-8-10/h3-4,6,10H,1-2,5,8H2. The minimum atomic E-state index is 0.198. The van der Waals surface area contributed by atoms with Crippen molar-refractivity contribution in [1.82, 2.24) is 15.1 Å². The van der Waals surface area contributed by atoms with Crippen LogP contribution in [0.4, 0.5) is 0 Å². The molecule has 19 heavy (non-hydrogen) atoms. The molecule has 6 nitrogen and oxygen atoms in total. The average Bonchev–Trinajstić information content (AvgIpc) is 2.98. The number of hydrogen-bond acceptors (Lipinski definition) is 6. The first-order valence-electron chi connectivity index (χ1n) is 6.14. The first kappa shape index (κ1) is 11.8. The molecule has 3 heterocycles. The van der Waals surface area contributed by atoms with Gasteiger partial charge < -0.3 is 9.26 Å². The summed E-state index contributed by atoms with van der Waals surface area (Å²) in [6, 6.07) is 5.37. The normalized spacial score (nSPS) is 19.0. The lowest BCUT2D eigenvalue weighted by atomic mass is 10.0. The largest absolute Gasteiger partial charge is 0.381 e. The van der Waals surface area contributed by atoms with Crippen LogP contribution >= 0.6 is 0 Å². The maximum atomic E-state index is 8.82. The fourth-order valence-corrected chi connectivity index (χ4v) is 2.09. The van der Waals surface area contributed by atoms with Crippen molar-refractivity contribution in [2.45, 2.75) is 18.8 Å². The Hall–Kier alpha value is -2.26. The predicted molar refractivity (Wildman–Crippen MR) is 65.0 cm³/mol. The summed E-state index contributed by atoms with van der Waals surface area (Å²) in [6.07, 6.45) is 3.59. The number of pyridine rings is 1. The van der Waals surface area contributed by atoms with Gasteiger partial charge in [0.1, 0.15) is 11.8 Å². The molecule has 96 valence electrons. The maximum absolute atomic E-state index is 8.82. The minimum Gasteiger partial charge on any atom is -0.381 e. The fraction of sp³-hybridized carbons (Fsp3) is 0.385. The van der Waals surface area contributed by atoms with Crippen molar-refractivity contribution in [1.29, 1.82) is 5.26 Å². The van der Waals surface area contributed by atoms with Crippen molar-refractivity contribution in [3.63, 3.8) is 0 Å². The summed E-state index contributed by atoms with van der Waals surface area (Å²) in [4.78, 5) is 8.29. The second-order valence-corrected chi connectivity index (χ2v) is 4.41. The molecule has 1 saturated heterocycles. The van der Waals surface area contributed by atoms with Crippen molar-refractivity contribution in [2.24, 2.45) is 0 Å². The highest BCUT2D eigenvalue weighted by atomic mass is 16.5. The van der Waals surface area contributed by atoms with E-state index in [-0.39, 0.29) is 5.92 Å². The SMILES string of the molecule is N#Cc1cc(-c2nc(C3CCCOC3)no2)ccn1. The molecule has 2 aromatic rings. The molecule has 3 rings (SSSR count). The van der Waals surface area contributed by atoms with Gasteiger partial charge in [-0.05, 0) is 25.0 Å². The van der Waals surface area contributed by atoms with Crippen molar-refractivity contribution in [3.05, 3.63) is 29.8 Å². The number of aromatic nitrogens is 3. The van der Waals surface area contributed by atoms with E-state index in [4.69, 9.17) is 14.5 Å². The zero-order valence-corrected chi connectivity index (χ0v) is 10.2. The number of ether oxygens (including phenoxy) is 1. The molecule has 0 bridgehead atoms. The van der Waals surface area contributed by atoms with Crippen LogP contribution in [0.2, 0.25) is 0 Å². The van der Waals surface area contributed by atoms with E-state index in [2.05, 4.69) is 15.1 Å². The van der Waals surface area contributed by atoms with Gasteiger partial charge in [-0.3, -0.25) is 0 Å². The first-order chi connectivity index (χ1) is 9.36. The second kappa shape index (κ2) is 5.16. The van der Waals surface area contributed by atoms with E-state index in [1.807, 2.05) is 6.07 Å². The van der Waals surface area contributed by atoms with E-state index in [0.29, 0.717) is 29.6 Å². The van der Waals surface area contributed by atoms with Crippen molar-refractivity contribution in [3.8, 4) is 17.5 Å². The van der Waals surface area contributed by atoms with Gasteiger partial charge in [0.2, 0.25) is 0 Å². The van der Waals surface area contributed by atoms with Gasteiger partial charge in [0.25, 0.3) is 5.89 Å². The molecule has 0 amide bonds. The van der Waals surface area contributed by atoms with E-state index in [9.17, 15) is 0 Å². The van der Waals surface area contributed by atoms with E-state index in [1.54, 1.807) is 18.3 Å². The van der Waals surface area contributed by atoms with Crippen LogP contribution in [-0.2, 0) is 4.74 Å². The molecule has 1 atom stereocenters. The first-order valence-corrected chi connectivity index (χ1v) is 6.14. The van der Waals surface area contributed by atoms with Gasteiger partial charge in [-0.1, -0.05) is 5.16 Å². The molecular weight excluding hydrogens is 244 g/mol. The van der Waals surface area contributed by atoms with Gasteiger partial charge >= 0.3 is 0 Å². The highest BCUT2D eigenvalue weighted by Crippen LogP contribution is 2.25. The molecule has 1 aliphatic rings. The van der Waals surface area contributed by atoms with E-state index >= 15 is 0 Å². The molecule has 6 heteroatoms. The van der Waals surface area contributed by atoms with Crippen LogP contribution in [0, 0.1) is 11.3 Å². The van der Waals surface area contributed by atoms with Gasteiger partial charge in [0.15, 0.2) is 5.82 Å². The molecule has 0 aromatic carbocycles. The number of rotatable bonds is 2. The summed E-state index contributed by atoms with van der Waals surface area (Å²) >= 11 is 0. The van der Waals surface area contributed by atoms with Crippen molar-refractivity contribution >= 4 is 0 Å². The van der Waals surface area contributed by atoms with E-state index < -0.39 is 0 Å². The number of hydrogen-bond donors (Lipinski definition) is 0. The molecule has 0 saturated carbocycles. The number of nitrogens with zero attached hydrogens (tertiary/aromatic N) is 4. The second-order valence-electron chi connectivity index (χ2n) is 4.41. The number of nitriles is 1. The lowest BCUT2D eigenvalue weighted by Gasteiger charge is -2.18. The molecule has 1 unspecified atom stereocenters. The topological polar surface area (TPSA) is 84.8 Å². The Labute approximate surface area is 110 Å². The molecule has 2 aromatic heterocycles. The lowest BCUT2D eigenvalue weighted by molar-refractivity contribution is 0.0773. The van der Waals surface area contributed by atoms with Gasteiger partial charge in [-0.25, -0.2) is 4.98 Å². The van der Waals surface area contributed by atoms with E-state index in [1.165, 1.54) is 0 Å². The Morgan fingerprint density at radius 3 is 3.16 bits per heavy atom. The Bertz CT molecular complexity index is 611. The van der Waals surface area contributed by atoms with Gasteiger partial charge in [-0.2, -0.15) is 10.2 Å². The molecule has 1 aliphatic heterocycles. The van der Waals surface area contributed by atoms with Crippen molar-refractivity contribution < 1.29 is 9.26 Å². The lowest BCUT2D eigenvalue weighted by Crippen LogP contribution is -2.16. The highest BCUT2D eigenvalue weighted by molar-refractivity contribution is 5.54. The summed E-state index contributed by atoms with van der Waals surface area (Å²) in [5, 5.41) is 12.8. The van der Waals surface area contributed by atoms with Gasteiger partial charge in [0, 0.05) is 24.3 Å². The third-order valence-corrected chi connectivity index (χ3v) is 3.09. The molecular formula is C13H12N4O2. The summed E-state index contributed by atoms with van der Waals surface area (Å²) in [7, 11) is 0. The van der Waals surface area contributed by atoms with E-state index in [0.717, 1.165) is 19.4 Å². The zero-order chi connectivity index (χ0) is 13.1. The van der Waals surface area contributed by atoms with Crippen molar-refractivity contribution in [2.75, 3.05) is 13.2 Å². The molecule has 1 fully saturated rings. The summed E-state index contributed by atoms with van der Waals surface area (Å²) in [6.45, 7) is 1.44. The zero-order valence-electron chi connectivity index (χ0n) is 10.2. The molecule has 0 radical (unpaired) electrons. The quantitative estimate of drug-likeness (QED) is 0.815. The Morgan fingerprint density at radius 1 is 1.42 bits per heavy atom. The van der Waals surface area contributed by atoms with Crippen LogP contribution in [0.3, 0.4) is 0 Å². The third kappa shape index (κ3) is 2.46. The van der Waals surface area contributed by atoms with Crippen LogP contribution in [0.25, 0.3) is 11.5 Å². The Kier molecular flexibility index (Phi) is 3.21. The summed E-state index contributed by atoms with van der Waals surface area (Å²) < 4.78 is 10.7. The fourth-order valence-electron chi connectivity index (χ4n) is 2.09. The minimum absolute atomic E-state index is 0.198. The maximum Gasteiger partial charge on any atom is 0.258 e. The summed E-state index contributed by atoms with van der Waals surface area (Å²) in [5.74, 6) is 1.29. The van der Waals surface area contributed by atoms with Crippen LogP contribution in [-0.4, -0.2) is 28.3 Å². The molecule has 0 N–H and O–H groups in total. The Balaban J connectivity index is 1.86. The smallest absolute Gasteiger partial charge is 0.258 e. The van der Waals surface area contributed by atoms with Crippen LogP contribution in [0.1, 0.15) is 30.3 Å². The van der Waals surface area contributed by atoms with Crippen LogP contribution < -0.4 is 0 Å².